The number of anilines is 1. The van der Waals surface area contributed by atoms with E-state index in [1.165, 1.54) is 12.1 Å². The van der Waals surface area contributed by atoms with Crippen LogP contribution in [-0.2, 0) is 11.2 Å². The van der Waals surface area contributed by atoms with Gasteiger partial charge in [-0.25, -0.2) is 0 Å². The molecule has 0 saturated heterocycles. The van der Waals surface area contributed by atoms with Crippen molar-refractivity contribution in [2.24, 2.45) is 0 Å². The van der Waals surface area contributed by atoms with Gasteiger partial charge in [-0.2, -0.15) is 0 Å². The van der Waals surface area contributed by atoms with Crippen LogP contribution in [0.2, 0.25) is 5.02 Å². The number of aromatic hydroxyl groups is 1. The predicted octanol–water partition coefficient (Wildman–Crippen LogP) is 4.59. The monoisotopic (exact) mass is 329 g/mol. The zero-order valence-corrected chi connectivity index (χ0v) is 13.6. The molecule has 0 fully saturated rings. The summed E-state index contributed by atoms with van der Waals surface area (Å²) < 4.78 is 5.60. The van der Waals surface area contributed by atoms with Gasteiger partial charge in [-0.1, -0.05) is 23.7 Å². The van der Waals surface area contributed by atoms with Crippen LogP contribution in [0.15, 0.2) is 41.0 Å². The van der Waals surface area contributed by atoms with Crippen LogP contribution in [0.1, 0.15) is 16.7 Å². The Morgan fingerprint density at radius 1 is 1.26 bits per heavy atom. The predicted molar refractivity (Wildman–Crippen MR) is 91.1 cm³/mol. The third kappa shape index (κ3) is 3.03. The molecule has 0 atom stereocenters. The number of hydrogen-bond acceptors (Lipinski definition) is 3. The number of halogens is 1. The van der Waals surface area contributed by atoms with Gasteiger partial charge < -0.3 is 14.8 Å². The number of rotatable bonds is 3. The minimum Gasteiger partial charge on any atom is -0.506 e. The number of fused-ring (bicyclic) bond motifs is 1. The Kier molecular flexibility index (Phi) is 4.01. The largest absolute Gasteiger partial charge is 0.506 e. The number of phenols is 1. The molecule has 0 aliphatic rings. The maximum absolute atomic E-state index is 12.2. The van der Waals surface area contributed by atoms with Crippen molar-refractivity contribution in [3.8, 4) is 5.75 Å². The van der Waals surface area contributed by atoms with Crippen LogP contribution in [-0.4, -0.2) is 11.0 Å². The molecule has 1 heterocycles. The van der Waals surface area contributed by atoms with Gasteiger partial charge in [-0.3, -0.25) is 4.79 Å². The third-order valence-electron chi connectivity index (χ3n) is 3.93. The summed E-state index contributed by atoms with van der Waals surface area (Å²) in [6.07, 6.45) is 1.76. The topological polar surface area (TPSA) is 62.5 Å². The second-order valence-corrected chi connectivity index (χ2v) is 5.97. The highest BCUT2D eigenvalue weighted by molar-refractivity contribution is 6.31. The van der Waals surface area contributed by atoms with Crippen molar-refractivity contribution >= 4 is 34.2 Å². The smallest absolute Gasteiger partial charge is 0.229 e. The van der Waals surface area contributed by atoms with E-state index in [1.54, 1.807) is 12.3 Å². The highest BCUT2D eigenvalue weighted by Crippen LogP contribution is 2.29. The SMILES string of the molecule is Cc1ccc2c(CC(=O)Nc3cc(Cl)ccc3O)coc2c1C. The average Bonchev–Trinajstić information content (AvgIpc) is 2.90. The highest BCUT2D eigenvalue weighted by atomic mass is 35.5. The lowest BCUT2D eigenvalue weighted by Gasteiger charge is -2.07. The molecule has 0 aliphatic heterocycles. The maximum atomic E-state index is 12.2. The minimum atomic E-state index is -0.247. The molecule has 0 radical (unpaired) electrons. The van der Waals surface area contributed by atoms with E-state index in [-0.39, 0.29) is 18.1 Å². The van der Waals surface area contributed by atoms with Gasteiger partial charge in [-0.15, -0.1) is 0 Å². The first-order chi connectivity index (χ1) is 11.0. The van der Waals surface area contributed by atoms with Crippen molar-refractivity contribution in [2.45, 2.75) is 20.3 Å². The Hall–Kier alpha value is -2.46. The van der Waals surface area contributed by atoms with Gasteiger partial charge in [0, 0.05) is 16.0 Å². The number of hydrogen-bond donors (Lipinski definition) is 2. The molecule has 0 unspecified atom stereocenters. The van der Waals surface area contributed by atoms with Crippen LogP contribution in [0, 0.1) is 13.8 Å². The number of benzene rings is 2. The molecule has 0 saturated carbocycles. The molecule has 3 aromatic rings. The third-order valence-corrected chi connectivity index (χ3v) is 4.16. The van der Waals surface area contributed by atoms with E-state index in [0.717, 1.165) is 27.7 Å². The molecule has 5 heteroatoms. The number of nitrogens with one attached hydrogen (secondary N) is 1. The summed E-state index contributed by atoms with van der Waals surface area (Å²) in [6, 6.07) is 8.48. The second-order valence-electron chi connectivity index (χ2n) is 5.53. The number of aryl methyl sites for hydroxylation is 2. The van der Waals surface area contributed by atoms with Crippen LogP contribution < -0.4 is 5.32 Å². The van der Waals surface area contributed by atoms with Gasteiger partial charge in [0.15, 0.2) is 0 Å². The number of amides is 1. The lowest BCUT2D eigenvalue weighted by molar-refractivity contribution is -0.115. The first-order valence-electron chi connectivity index (χ1n) is 7.20. The van der Waals surface area contributed by atoms with Crippen molar-refractivity contribution < 1.29 is 14.3 Å². The summed E-state index contributed by atoms with van der Waals surface area (Å²) in [6.45, 7) is 4.01. The van der Waals surface area contributed by atoms with Crippen LogP contribution in [0.25, 0.3) is 11.0 Å². The highest BCUT2D eigenvalue weighted by Gasteiger charge is 2.14. The van der Waals surface area contributed by atoms with Crippen LogP contribution in [0.3, 0.4) is 0 Å². The summed E-state index contributed by atoms with van der Waals surface area (Å²) in [4.78, 5) is 12.2. The zero-order chi connectivity index (χ0) is 16.6. The molecule has 0 spiro atoms. The fraction of sp³-hybridized carbons (Fsp3) is 0.167. The van der Waals surface area contributed by atoms with Crippen LogP contribution in [0.4, 0.5) is 5.69 Å². The fourth-order valence-electron chi connectivity index (χ4n) is 2.50. The van der Waals surface area contributed by atoms with Crippen molar-refractivity contribution in [1.82, 2.24) is 0 Å². The molecule has 0 bridgehead atoms. The standard InChI is InChI=1S/C18H16ClNO3/c1-10-3-5-14-12(9-23-18(14)11(10)2)7-17(22)20-15-8-13(19)4-6-16(15)21/h3-6,8-9,21H,7H2,1-2H3,(H,20,22). The summed E-state index contributed by atoms with van der Waals surface area (Å²) in [5, 5.41) is 13.8. The van der Waals surface area contributed by atoms with Crippen molar-refractivity contribution in [3.63, 3.8) is 0 Å². The zero-order valence-electron chi connectivity index (χ0n) is 12.8. The molecule has 1 aromatic heterocycles. The van der Waals surface area contributed by atoms with E-state index in [0.29, 0.717) is 10.7 Å². The van der Waals surface area contributed by atoms with E-state index in [9.17, 15) is 9.90 Å². The second kappa shape index (κ2) is 5.97. The number of phenolic OH excluding ortho intramolecular Hbond substituents is 1. The Morgan fingerprint density at radius 2 is 2.04 bits per heavy atom. The first-order valence-corrected chi connectivity index (χ1v) is 7.58. The van der Waals surface area contributed by atoms with Crippen molar-refractivity contribution in [1.29, 1.82) is 0 Å². The quantitative estimate of drug-likeness (QED) is 0.691. The molecule has 4 nitrogen and oxygen atoms in total. The van der Waals surface area contributed by atoms with Crippen molar-refractivity contribution in [2.75, 3.05) is 5.32 Å². The van der Waals surface area contributed by atoms with Gasteiger partial charge in [0.05, 0.1) is 18.4 Å². The van der Waals surface area contributed by atoms with E-state index in [1.807, 2.05) is 26.0 Å². The minimum absolute atomic E-state index is 0.0220. The van der Waals surface area contributed by atoms with E-state index in [4.69, 9.17) is 16.0 Å². The van der Waals surface area contributed by atoms with Gasteiger partial charge in [-0.05, 0) is 43.2 Å². The number of furan rings is 1. The normalized spacial score (nSPS) is 10.9. The Labute approximate surface area is 138 Å². The molecule has 2 N–H and O–H groups in total. The molecule has 23 heavy (non-hydrogen) atoms. The summed E-state index contributed by atoms with van der Waals surface area (Å²) in [5.74, 6) is -0.269. The fourth-order valence-corrected chi connectivity index (χ4v) is 2.67. The molecule has 2 aromatic carbocycles. The van der Waals surface area contributed by atoms with Gasteiger partial charge in [0.25, 0.3) is 0 Å². The number of carbonyl (C=O) groups excluding carboxylic acids is 1. The molecule has 3 rings (SSSR count). The van der Waals surface area contributed by atoms with E-state index < -0.39 is 0 Å². The van der Waals surface area contributed by atoms with Crippen LogP contribution in [0.5, 0.6) is 5.75 Å². The van der Waals surface area contributed by atoms with E-state index >= 15 is 0 Å². The lowest BCUT2D eigenvalue weighted by atomic mass is 10.0. The molecule has 0 aliphatic carbocycles. The summed E-state index contributed by atoms with van der Waals surface area (Å²) in [7, 11) is 0. The average molecular weight is 330 g/mol. The van der Waals surface area contributed by atoms with Gasteiger partial charge >= 0.3 is 0 Å². The summed E-state index contributed by atoms with van der Waals surface area (Å²) in [5.41, 5.74) is 4.12. The van der Waals surface area contributed by atoms with Crippen molar-refractivity contribution in [3.05, 3.63) is 58.3 Å². The lowest BCUT2D eigenvalue weighted by Crippen LogP contribution is -2.14. The van der Waals surface area contributed by atoms with Gasteiger partial charge in [0.2, 0.25) is 5.91 Å². The molecular formula is C18H16ClNO3. The van der Waals surface area contributed by atoms with E-state index in [2.05, 4.69) is 5.32 Å². The molecule has 1 amide bonds. The Balaban J connectivity index is 1.83. The summed E-state index contributed by atoms with van der Waals surface area (Å²) >= 11 is 5.88. The molecule has 118 valence electrons. The first kappa shape index (κ1) is 15.4. The number of carbonyl (C=O) groups is 1. The maximum Gasteiger partial charge on any atom is 0.229 e. The Bertz CT molecular complexity index is 899. The molecular weight excluding hydrogens is 314 g/mol. The van der Waals surface area contributed by atoms with Gasteiger partial charge in [0.1, 0.15) is 11.3 Å². The Morgan fingerprint density at radius 3 is 2.83 bits per heavy atom. The van der Waals surface area contributed by atoms with Crippen LogP contribution >= 0.6 is 11.6 Å².